The molecular weight excluding hydrogens is 446 g/mol. The fraction of sp³-hybridized carbons (Fsp3) is 0.182. The number of fused-ring (bicyclic) bond motifs is 1. The number of rotatable bonds is 8. The van der Waals surface area contributed by atoms with Gasteiger partial charge in [0.2, 0.25) is 5.13 Å². The number of aromatic nitrogens is 2. The molecule has 0 bridgehead atoms. The van der Waals surface area contributed by atoms with Crippen molar-refractivity contribution in [2.75, 3.05) is 17.6 Å². The van der Waals surface area contributed by atoms with Crippen LogP contribution in [0.15, 0.2) is 79.7 Å². The van der Waals surface area contributed by atoms with Crippen molar-refractivity contribution in [3.63, 3.8) is 0 Å². The highest BCUT2D eigenvalue weighted by molar-refractivity contribution is 8.01. The maximum absolute atomic E-state index is 13.1. The van der Waals surface area contributed by atoms with Gasteiger partial charge in [0.1, 0.15) is 23.1 Å². The first-order valence-corrected chi connectivity index (χ1v) is 11.7. The van der Waals surface area contributed by atoms with Crippen LogP contribution in [0.2, 0.25) is 0 Å². The van der Waals surface area contributed by atoms with Crippen LogP contribution in [0.3, 0.4) is 0 Å². The highest BCUT2D eigenvalue weighted by atomic mass is 32.2. The van der Waals surface area contributed by atoms with E-state index in [2.05, 4.69) is 27.2 Å². The van der Waals surface area contributed by atoms with Gasteiger partial charge in [0, 0.05) is 18.4 Å². The van der Waals surface area contributed by atoms with E-state index in [0.29, 0.717) is 39.7 Å². The fourth-order valence-corrected chi connectivity index (χ4v) is 5.02. The number of carbonyl (C=O) groups excluding carboxylic acids is 1. The summed E-state index contributed by atoms with van der Waals surface area (Å²) in [5.41, 5.74) is 1.50. The van der Waals surface area contributed by atoms with Crippen molar-refractivity contribution >= 4 is 50.8 Å². The Kier molecular flexibility index (Phi) is 5.78. The molecule has 4 aromatic rings. The van der Waals surface area contributed by atoms with E-state index in [1.54, 1.807) is 12.3 Å². The van der Waals surface area contributed by atoms with E-state index in [1.807, 2.05) is 42.5 Å². The lowest BCUT2D eigenvalue weighted by Crippen LogP contribution is -2.28. The second kappa shape index (κ2) is 9.01. The lowest BCUT2D eigenvalue weighted by atomic mass is 10.1. The van der Waals surface area contributed by atoms with E-state index >= 15 is 0 Å². The van der Waals surface area contributed by atoms with Gasteiger partial charge in [-0.05, 0) is 24.3 Å². The average Bonchev–Trinajstić information content (AvgIpc) is 3.60. The number of furan rings is 2. The smallest absolute Gasteiger partial charge is 0.253 e. The number of anilines is 1. The molecule has 0 spiro atoms. The Balaban J connectivity index is 1.34. The molecule has 1 aromatic carbocycles. The second-order valence-corrected chi connectivity index (χ2v) is 9.20. The number of para-hydroxylation sites is 1. The summed E-state index contributed by atoms with van der Waals surface area (Å²) in [6.07, 6.45) is 3.86. The van der Waals surface area contributed by atoms with Crippen LogP contribution in [-0.4, -0.2) is 39.1 Å². The number of thioether (sulfide) groups is 1. The number of nitrogens with one attached hydrogen (secondary N) is 1. The lowest BCUT2D eigenvalue weighted by Gasteiger charge is -2.19. The van der Waals surface area contributed by atoms with Crippen molar-refractivity contribution in [2.45, 2.75) is 16.8 Å². The third kappa shape index (κ3) is 4.19. The summed E-state index contributed by atoms with van der Waals surface area (Å²) in [6.45, 7) is 4.27. The maximum atomic E-state index is 13.1. The summed E-state index contributed by atoms with van der Waals surface area (Å²) in [4.78, 5) is 13.1. The van der Waals surface area contributed by atoms with Crippen molar-refractivity contribution < 1.29 is 13.6 Å². The number of carbonyl (C=O) groups is 1. The van der Waals surface area contributed by atoms with Crippen molar-refractivity contribution in [1.82, 2.24) is 15.2 Å². The van der Waals surface area contributed by atoms with Gasteiger partial charge >= 0.3 is 0 Å². The number of hydrogen-bond acceptors (Lipinski definition) is 9. The zero-order valence-electron chi connectivity index (χ0n) is 16.9. The third-order valence-electron chi connectivity index (χ3n) is 4.87. The summed E-state index contributed by atoms with van der Waals surface area (Å²) < 4.78 is 12.3. The van der Waals surface area contributed by atoms with Crippen LogP contribution >= 0.6 is 23.1 Å². The van der Waals surface area contributed by atoms with Gasteiger partial charge in [-0.3, -0.25) is 4.79 Å². The molecule has 1 unspecified atom stereocenters. The van der Waals surface area contributed by atoms with Crippen LogP contribution in [0.1, 0.15) is 24.0 Å². The fourth-order valence-electron chi connectivity index (χ4n) is 3.40. The minimum atomic E-state index is -0.319. The zero-order valence-corrected chi connectivity index (χ0v) is 18.6. The van der Waals surface area contributed by atoms with Crippen LogP contribution in [0.4, 0.5) is 5.13 Å². The monoisotopic (exact) mass is 465 g/mol. The molecule has 0 aliphatic carbocycles. The summed E-state index contributed by atoms with van der Waals surface area (Å²) in [5, 5.41) is 19.1. The molecule has 162 valence electrons. The molecule has 3 aromatic heterocycles. The molecule has 32 heavy (non-hydrogen) atoms. The molecule has 0 saturated carbocycles. The summed E-state index contributed by atoms with van der Waals surface area (Å²) >= 11 is 2.73. The minimum Gasteiger partial charge on any atom is -0.467 e. The highest BCUT2D eigenvalue weighted by Gasteiger charge is 2.36. The predicted molar refractivity (Wildman–Crippen MR) is 125 cm³/mol. The SMILES string of the molecule is C=CCNc1nnc(SCC(=O)N2N=C(c3cc4ccccc4o3)CC2c2ccco2)s1. The second-order valence-electron chi connectivity index (χ2n) is 7.00. The molecule has 1 amide bonds. The van der Waals surface area contributed by atoms with Gasteiger partial charge in [0.15, 0.2) is 10.1 Å². The molecular formula is C22H19N5O3S2. The van der Waals surface area contributed by atoms with Gasteiger partial charge in [-0.15, -0.1) is 16.8 Å². The molecule has 0 fully saturated rings. The third-order valence-corrected chi connectivity index (χ3v) is 6.87. The quantitative estimate of drug-likeness (QED) is 0.291. The van der Waals surface area contributed by atoms with Gasteiger partial charge in [-0.25, -0.2) is 5.01 Å². The number of benzene rings is 1. The number of hydrazone groups is 1. The molecule has 0 radical (unpaired) electrons. The Morgan fingerprint density at radius 3 is 3.03 bits per heavy atom. The first-order chi connectivity index (χ1) is 15.7. The molecule has 10 heteroatoms. The van der Waals surface area contributed by atoms with E-state index in [0.717, 1.165) is 11.0 Å². The topological polar surface area (TPSA) is 96.8 Å². The highest BCUT2D eigenvalue weighted by Crippen LogP contribution is 2.35. The molecule has 0 saturated heterocycles. The molecule has 1 atom stereocenters. The van der Waals surface area contributed by atoms with Gasteiger partial charge in [0.05, 0.1) is 12.0 Å². The number of hydrogen-bond donors (Lipinski definition) is 1. The molecule has 5 rings (SSSR count). The first-order valence-electron chi connectivity index (χ1n) is 9.94. The summed E-state index contributed by atoms with van der Waals surface area (Å²) in [5.74, 6) is 1.39. The first kappa shape index (κ1) is 20.5. The van der Waals surface area contributed by atoms with E-state index in [1.165, 1.54) is 28.1 Å². The molecule has 1 N–H and O–H groups in total. The zero-order chi connectivity index (χ0) is 21.9. The van der Waals surface area contributed by atoms with E-state index in [9.17, 15) is 4.79 Å². The normalized spacial score (nSPS) is 15.8. The van der Waals surface area contributed by atoms with Crippen molar-refractivity contribution in [3.8, 4) is 0 Å². The lowest BCUT2D eigenvalue weighted by molar-refractivity contribution is -0.130. The van der Waals surface area contributed by atoms with Crippen molar-refractivity contribution in [1.29, 1.82) is 0 Å². The number of nitrogens with zero attached hydrogens (tertiary/aromatic N) is 4. The molecule has 1 aliphatic rings. The van der Waals surface area contributed by atoms with Gasteiger partial charge in [-0.1, -0.05) is 47.4 Å². The Bertz CT molecular complexity index is 1240. The molecule has 8 nitrogen and oxygen atoms in total. The van der Waals surface area contributed by atoms with Crippen molar-refractivity contribution in [3.05, 3.63) is 72.9 Å². The van der Waals surface area contributed by atoms with E-state index < -0.39 is 0 Å². The van der Waals surface area contributed by atoms with Gasteiger partial charge in [-0.2, -0.15) is 5.10 Å². The minimum absolute atomic E-state index is 0.140. The average molecular weight is 466 g/mol. The number of amides is 1. The standard InChI is InChI=1S/C22H19N5O3S2/c1-2-9-23-21-24-25-22(32-21)31-13-20(28)27-16(18-8-5-10-29-18)12-15(26-27)19-11-14-6-3-4-7-17(14)30-19/h2-8,10-11,16H,1,9,12-13H2,(H,23,24). The molecule has 4 heterocycles. The van der Waals surface area contributed by atoms with Crippen LogP contribution in [0, 0.1) is 0 Å². The Morgan fingerprint density at radius 2 is 2.22 bits per heavy atom. The van der Waals surface area contributed by atoms with Crippen molar-refractivity contribution in [2.24, 2.45) is 5.10 Å². The predicted octanol–water partition coefficient (Wildman–Crippen LogP) is 4.95. The van der Waals surface area contributed by atoms with E-state index in [4.69, 9.17) is 8.83 Å². The van der Waals surface area contributed by atoms with Crippen LogP contribution < -0.4 is 5.32 Å². The summed E-state index contributed by atoms with van der Waals surface area (Å²) in [6, 6.07) is 13.1. The summed E-state index contributed by atoms with van der Waals surface area (Å²) in [7, 11) is 0. The maximum Gasteiger partial charge on any atom is 0.253 e. The van der Waals surface area contributed by atoms with Gasteiger partial charge in [0.25, 0.3) is 5.91 Å². The Morgan fingerprint density at radius 1 is 1.31 bits per heavy atom. The molecule has 1 aliphatic heterocycles. The Hall–Kier alpha value is -3.37. The largest absolute Gasteiger partial charge is 0.467 e. The Labute approximate surface area is 192 Å². The van der Waals surface area contributed by atoms with Crippen LogP contribution in [0.5, 0.6) is 0 Å². The van der Waals surface area contributed by atoms with Crippen LogP contribution in [0.25, 0.3) is 11.0 Å². The van der Waals surface area contributed by atoms with E-state index in [-0.39, 0.29) is 17.7 Å². The van der Waals surface area contributed by atoms with Crippen LogP contribution in [-0.2, 0) is 4.79 Å². The van der Waals surface area contributed by atoms with Gasteiger partial charge < -0.3 is 14.2 Å².